The first-order valence-electron chi connectivity index (χ1n) is 6.38. The molecule has 1 aromatic carbocycles. The molecule has 1 fully saturated rings. The molecule has 1 aromatic rings. The fourth-order valence-electron chi connectivity index (χ4n) is 2.71. The molecule has 98 valence electrons. The normalized spacial score (nSPS) is 24.1. The van der Waals surface area contributed by atoms with Crippen LogP contribution in [0.25, 0.3) is 0 Å². The summed E-state index contributed by atoms with van der Waals surface area (Å²) in [6.45, 7) is 4.20. The molecule has 0 bridgehead atoms. The number of hydrogen-bond acceptors (Lipinski definition) is 2. The van der Waals surface area contributed by atoms with Gasteiger partial charge >= 0.3 is 0 Å². The molecule has 1 aliphatic rings. The topological polar surface area (TPSA) is 46.3 Å². The zero-order chi connectivity index (χ0) is 13.3. The smallest absolute Gasteiger partial charge is 0.254 e. The largest absolute Gasteiger partial charge is 0.399 e. The van der Waals surface area contributed by atoms with E-state index in [0.717, 1.165) is 12.8 Å². The molecule has 2 unspecified atom stereocenters. The molecule has 0 radical (unpaired) electrons. The van der Waals surface area contributed by atoms with Crippen molar-refractivity contribution in [2.45, 2.75) is 45.2 Å². The van der Waals surface area contributed by atoms with Crippen molar-refractivity contribution in [3.8, 4) is 0 Å². The predicted molar refractivity (Wildman–Crippen MR) is 74.8 cm³/mol. The van der Waals surface area contributed by atoms with Crippen LogP contribution < -0.4 is 5.73 Å². The van der Waals surface area contributed by atoms with Crippen molar-refractivity contribution in [1.29, 1.82) is 0 Å². The number of hydrogen-bond donors (Lipinski definition) is 1. The fraction of sp³-hybridized carbons (Fsp3) is 0.500. The van der Waals surface area contributed by atoms with Crippen molar-refractivity contribution >= 4 is 23.2 Å². The lowest BCUT2D eigenvalue weighted by Crippen LogP contribution is -2.47. The van der Waals surface area contributed by atoms with Gasteiger partial charge in [0.15, 0.2) is 0 Å². The van der Waals surface area contributed by atoms with Gasteiger partial charge in [0.05, 0.1) is 0 Å². The van der Waals surface area contributed by atoms with Crippen molar-refractivity contribution in [2.24, 2.45) is 0 Å². The molecule has 1 heterocycles. The van der Waals surface area contributed by atoms with Gasteiger partial charge in [-0.3, -0.25) is 4.79 Å². The van der Waals surface area contributed by atoms with Crippen LogP contribution in [0.4, 0.5) is 5.69 Å². The molecular formula is C14H19ClN2O. The van der Waals surface area contributed by atoms with E-state index in [-0.39, 0.29) is 18.0 Å². The summed E-state index contributed by atoms with van der Waals surface area (Å²) in [6.07, 6.45) is 3.31. The highest BCUT2D eigenvalue weighted by molar-refractivity contribution is 6.31. The Bertz CT molecular complexity index is 431. The third kappa shape index (κ3) is 2.61. The Kier molecular flexibility index (Phi) is 3.81. The molecule has 2 rings (SSSR count). The number of halogens is 1. The third-order valence-corrected chi connectivity index (χ3v) is 3.81. The number of nitrogen functional groups attached to an aromatic ring is 1. The molecule has 1 saturated heterocycles. The predicted octanol–water partition coefficient (Wildman–Crippen LogP) is 3.33. The number of nitrogens with two attached hydrogens (primary N) is 1. The number of rotatable bonds is 1. The Balaban J connectivity index is 2.29. The van der Waals surface area contributed by atoms with E-state index in [9.17, 15) is 4.79 Å². The molecule has 2 atom stereocenters. The van der Waals surface area contributed by atoms with Crippen LogP contribution in [0.3, 0.4) is 0 Å². The van der Waals surface area contributed by atoms with E-state index in [1.165, 1.54) is 6.42 Å². The summed E-state index contributed by atoms with van der Waals surface area (Å²) in [7, 11) is 0. The zero-order valence-electron chi connectivity index (χ0n) is 10.8. The lowest BCUT2D eigenvalue weighted by molar-refractivity contribution is 0.0511. The van der Waals surface area contributed by atoms with E-state index in [1.54, 1.807) is 18.2 Å². The van der Waals surface area contributed by atoms with Gasteiger partial charge in [0.25, 0.3) is 5.91 Å². The molecule has 3 nitrogen and oxygen atoms in total. The summed E-state index contributed by atoms with van der Waals surface area (Å²) in [5.74, 6) is 0.0314. The lowest BCUT2D eigenvalue weighted by atomic mass is 9.96. The third-order valence-electron chi connectivity index (χ3n) is 3.60. The van der Waals surface area contributed by atoms with E-state index >= 15 is 0 Å². The first-order valence-corrected chi connectivity index (χ1v) is 6.75. The molecule has 0 saturated carbocycles. The van der Waals surface area contributed by atoms with Crippen LogP contribution in [0.5, 0.6) is 0 Å². The molecule has 1 aliphatic heterocycles. The van der Waals surface area contributed by atoms with Crippen LogP contribution in [0.2, 0.25) is 5.02 Å². The van der Waals surface area contributed by atoms with Crippen molar-refractivity contribution in [1.82, 2.24) is 4.90 Å². The second kappa shape index (κ2) is 5.19. The quantitative estimate of drug-likeness (QED) is 0.793. The van der Waals surface area contributed by atoms with Crippen molar-refractivity contribution in [3.63, 3.8) is 0 Å². The highest BCUT2D eigenvalue weighted by Crippen LogP contribution is 2.26. The number of amides is 1. The highest BCUT2D eigenvalue weighted by Gasteiger charge is 2.29. The molecule has 0 aromatic heterocycles. The maximum absolute atomic E-state index is 12.5. The average Bonchev–Trinajstić information content (AvgIpc) is 2.27. The Morgan fingerprint density at radius 1 is 1.28 bits per heavy atom. The van der Waals surface area contributed by atoms with E-state index in [0.29, 0.717) is 16.3 Å². The maximum atomic E-state index is 12.5. The summed E-state index contributed by atoms with van der Waals surface area (Å²) >= 11 is 5.96. The Morgan fingerprint density at radius 2 is 1.89 bits per heavy atom. The van der Waals surface area contributed by atoms with Crippen molar-refractivity contribution < 1.29 is 4.79 Å². The minimum atomic E-state index is 0.0314. The fourth-order valence-corrected chi connectivity index (χ4v) is 2.95. The van der Waals surface area contributed by atoms with E-state index in [2.05, 4.69) is 13.8 Å². The van der Waals surface area contributed by atoms with Gasteiger partial charge in [-0.15, -0.1) is 0 Å². The minimum Gasteiger partial charge on any atom is -0.399 e. The number of carbonyl (C=O) groups is 1. The second-order valence-corrected chi connectivity index (χ2v) is 5.55. The van der Waals surface area contributed by atoms with Crippen LogP contribution in [0.1, 0.15) is 43.5 Å². The van der Waals surface area contributed by atoms with Crippen molar-refractivity contribution in [3.05, 3.63) is 28.8 Å². The molecular weight excluding hydrogens is 248 g/mol. The van der Waals surface area contributed by atoms with Crippen LogP contribution in [-0.4, -0.2) is 22.9 Å². The second-order valence-electron chi connectivity index (χ2n) is 5.11. The van der Waals surface area contributed by atoms with E-state index in [4.69, 9.17) is 17.3 Å². The Morgan fingerprint density at radius 3 is 2.44 bits per heavy atom. The van der Waals surface area contributed by atoms with Crippen LogP contribution in [-0.2, 0) is 0 Å². The summed E-state index contributed by atoms with van der Waals surface area (Å²) in [5, 5.41) is 0.510. The minimum absolute atomic E-state index is 0.0314. The Labute approximate surface area is 113 Å². The van der Waals surface area contributed by atoms with Gasteiger partial charge in [-0.05, 0) is 51.3 Å². The van der Waals surface area contributed by atoms with Gasteiger partial charge in [0.1, 0.15) is 0 Å². The maximum Gasteiger partial charge on any atom is 0.254 e. The summed E-state index contributed by atoms with van der Waals surface area (Å²) in [5.41, 5.74) is 6.86. The number of benzene rings is 1. The molecule has 18 heavy (non-hydrogen) atoms. The molecule has 4 heteroatoms. The number of carbonyl (C=O) groups excluding carboxylic acids is 1. The molecule has 1 amide bonds. The first-order chi connectivity index (χ1) is 8.49. The molecule has 2 N–H and O–H groups in total. The molecule has 0 aliphatic carbocycles. The highest BCUT2D eigenvalue weighted by atomic mass is 35.5. The van der Waals surface area contributed by atoms with Gasteiger partial charge < -0.3 is 10.6 Å². The Hall–Kier alpha value is -1.22. The standard InChI is InChI=1S/C14H19ClN2O/c1-9-4-3-5-10(2)17(9)14(18)11-6-12(15)8-13(16)7-11/h6-10H,3-5,16H2,1-2H3. The van der Waals surface area contributed by atoms with Crippen LogP contribution >= 0.6 is 11.6 Å². The number of piperidine rings is 1. The summed E-state index contributed by atoms with van der Waals surface area (Å²) in [6, 6.07) is 5.60. The number of anilines is 1. The van der Waals surface area contributed by atoms with E-state index in [1.807, 2.05) is 4.90 Å². The summed E-state index contributed by atoms with van der Waals surface area (Å²) < 4.78 is 0. The van der Waals surface area contributed by atoms with Crippen molar-refractivity contribution in [2.75, 3.05) is 5.73 Å². The number of nitrogens with zero attached hydrogens (tertiary/aromatic N) is 1. The van der Waals surface area contributed by atoms with Crippen LogP contribution in [0.15, 0.2) is 18.2 Å². The van der Waals surface area contributed by atoms with Gasteiger partial charge in [0, 0.05) is 28.4 Å². The van der Waals surface area contributed by atoms with E-state index < -0.39 is 0 Å². The zero-order valence-corrected chi connectivity index (χ0v) is 11.6. The average molecular weight is 267 g/mol. The van der Waals surface area contributed by atoms with Crippen LogP contribution in [0, 0.1) is 0 Å². The van der Waals surface area contributed by atoms with Gasteiger partial charge in [0.2, 0.25) is 0 Å². The molecule has 0 spiro atoms. The lowest BCUT2D eigenvalue weighted by Gasteiger charge is -2.39. The SMILES string of the molecule is CC1CCCC(C)N1C(=O)c1cc(N)cc(Cl)c1. The monoisotopic (exact) mass is 266 g/mol. The van der Waals surface area contributed by atoms with Gasteiger partial charge in [-0.2, -0.15) is 0 Å². The summed E-state index contributed by atoms with van der Waals surface area (Å²) in [4.78, 5) is 14.5. The van der Waals surface area contributed by atoms with Gasteiger partial charge in [-0.1, -0.05) is 11.6 Å². The number of likely N-dealkylation sites (tertiary alicyclic amines) is 1. The van der Waals surface area contributed by atoms with Gasteiger partial charge in [-0.25, -0.2) is 0 Å². The first kappa shape index (κ1) is 13.2.